The van der Waals surface area contributed by atoms with Gasteiger partial charge in [-0.2, -0.15) is 0 Å². The molecule has 4 amide bonds. The Morgan fingerprint density at radius 1 is 1.03 bits per heavy atom. The molecular formula is C24H21N3O5S. The van der Waals surface area contributed by atoms with Gasteiger partial charge in [-0.1, -0.05) is 12.1 Å². The average Bonchev–Trinajstić information content (AvgIpc) is 3.40. The number of ether oxygens (including phenoxy) is 2. The van der Waals surface area contributed by atoms with Crippen LogP contribution in [0.4, 0.5) is 10.5 Å². The number of carbonyl (C=O) groups is 3. The molecule has 1 fully saturated rings. The van der Waals surface area contributed by atoms with Crippen LogP contribution in [0.25, 0.3) is 17.2 Å². The van der Waals surface area contributed by atoms with E-state index in [1.165, 1.54) is 11.3 Å². The van der Waals surface area contributed by atoms with Gasteiger partial charge in [0, 0.05) is 10.6 Å². The van der Waals surface area contributed by atoms with Crippen molar-refractivity contribution < 1.29 is 23.9 Å². The monoisotopic (exact) mass is 463 g/mol. The Hall–Kier alpha value is -4.11. The SMILES string of the molecule is COc1ccc(NC(=O)CN2C(=O)N/C(=C\c3cc(-c4cccc(OC)c4)cs3)C2=O)cc1. The van der Waals surface area contributed by atoms with E-state index in [9.17, 15) is 14.4 Å². The highest BCUT2D eigenvalue weighted by Gasteiger charge is 2.35. The quantitative estimate of drug-likeness (QED) is 0.408. The molecule has 3 aromatic rings. The van der Waals surface area contributed by atoms with Crippen LogP contribution in [0.5, 0.6) is 11.5 Å². The Morgan fingerprint density at radius 3 is 2.52 bits per heavy atom. The number of nitrogens with zero attached hydrogens (tertiary/aromatic N) is 1. The van der Waals surface area contributed by atoms with Gasteiger partial charge in [-0.25, -0.2) is 9.69 Å². The lowest BCUT2D eigenvalue weighted by Gasteiger charge is -2.12. The second-order valence-electron chi connectivity index (χ2n) is 7.13. The molecule has 0 aliphatic carbocycles. The number of anilines is 1. The molecule has 0 saturated carbocycles. The third-order valence-corrected chi connectivity index (χ3v) is 5.83. The van der Waals surface area contributed by atoms with Crippen molar-refractivity contribution in [2.24, 2.45) is 0 Å². The van der Waals surface area contributed by atoms with E-state index in [2.05, 4.69) is 10.6 Å². The molecule has 1 aliphatic heterocycles. The maximum Gasteiger partial charge on any atom is 0.329 e. The van der Waals surface area contributed by atoms with Gasteiger partial charge in [0.2, 0.25) is 5.91 Å². The number of methoxy groups -OCH3 is 2. The van der Waals surface area contributed by atoms with Crippen LogP contribution < -0.4 is 20.1 Å². The summed E-state index contributed by atoms with van der Waals surface area (Å²) in [6.07, 6.45) is 1.61. The van der Waals surface area contributed by atoms with Crippen LogP contribution in [0.3, 0.4) is 0 Å². The van der Waals surface area contributed by atoms with E-state index in [1.807, 2.05) is 35.7 Å². The van der Waals surface area contributed by atoms with E-state index in [0.29, 0.717) is 11.4 Å². The van der Waals surface area contributed by atoms with E-state index in [0.717, 1.165) is 26.7 Å². The number of thiophene rings is 1. The van der Waals surface area contributed by atoms with E-state index in [4.69, 9.17) is 9.47 Å². The van der Waals surface area contributed by atoms with Gasteiger partial charge in [0.1, 0.15) is 23.7 Å². The van der Waals surface area contributed by atoms with Crippen LogP contribution in [-0.2, 0) is 9.59 Å². The van der Waals surface area contributed by atoms with E-state index < -0.39 is 24.4 Å². The number of carbonyl (C=O) groups excluding carboxylic acids is 3. The number of imide groups is 1. The van der Waals surface area contributed by atoms with Gasteiger partial charge in [0.05, 0.1) is 14.2 Å². The molecule has 2 heterocycles. The number of amides is 4. The molecule has 0 unspecified atom stereocenters. The molecule has 0 atom stereocenters. The van der Waals surface area contributed by atoms with Crippen molar-refractivity contribution in [3.63, 3.8) is 0 Å². The number of nitrogens with one attached hydrogen (secondary N) is 2. The predicted molar refractivity (Wildman–Crippen MR) is 126 cm³/mol. The highest BCUT2D eigenvalue weighted by molar-refractivity contribution is 7.11. The van der Waals surface area contributed by atoms with Crippen LogP contribution in [0.2, 0.25) is 0 Å². The zero-order valence-corrected chi connectivity index (χ0v) is 18.8. The fourth-order valence-corrected chi connectivity index (χ4v) is 4.11. The van der Waals surface area contributed by atoms with Crippen LogP contribution in [0.15, 0.2) is 65.7 Å². The van der Waals surface area contributed by atoms with Crippen LogP contribution >= 0.6 is 11.3 Å². The summed E-state index contributed by atoms with van der Waals surface area (Å²) in [7, 11) is 3.16. The van der Waals surface area contributed by atoms with E-state index in [1.54, 1.807) is 44.6 Å². The van der Waals surface area contributed by atoms with Gasteiger partial charge in [-0.3, -0.25) is 9.59 Å². The molecule has 168 valence electrons. The number of rotatable bonds is 7. The third kappa shape index (κ3) is 5.04. The molecule has 0 bridgehead atoms. The topological polar surface area (TPSA) is 97.0 Å². The fraction of sp³-hybridized carbons (Fsp3) is 0.125. The van der Waals surface area contributed by atoms with E-state index >= 15 is 0 Å². The van der Waals surface area contributed by atoms with Gasteiger partial charge in [-0.05, 0) is 65.0 Å². The van der Waals surface area contributed by atoms with Crippen LogP contribution in [-0.4, -0.2) is 43.5 Å². The highest BCUT2D eigenvalue weighted by Crippen LogP contribution is 2.29. The van der Waals surface area contributed by atoms with Gasteiger partial charge >= 0.3 is 6.03 Å². The summed E-state index contributed by atoms with van der Waals surface area (Å²) < 4.78 is 10.3. The molecular weight excluding hydrogens is 442 g/mol. The molecule has 0 radical (unpaired) electrons. The first-order valence-corrected chi connectivity index (χ1v) is 10.9. The zero-order valence-electron chi connectivity index (χ0n) is 18.0. The Morgan fingerprint density at radius 2 is 1.79 bits per heavy atom. The van der Waals surface area contributed by atoms with Crippen molar-refractivity contribution in [1.29, 1.82) is 0 Å². The Kier molecular flexibility index (Phi) is 6.41. The summed E-state index contributed by atoms with van der Waals surface area (Å²) in [5, 5.41) is 7.16. The minimum Gasteiger partial charge on any atom is -0.497 e. The molecule has 4 rings (SSSR count). The summed E-state index contributed by atoms with van der Waals surface area (Å²) in [6.45, 7) is -0.395. The summed E-state index contributed by atoms with van der Waals surface area (Å²) >= 11 is 1.44. The van der Waals surface area contributed by atoms with Crippen LogP contribution in [0.1, 0.15) is 4.88 Å². The normalized spacial score (nSPS) is 14.4. The van der Waals surface area contributed by atoms with E-state index in [-0.39, 0.29) is 5.70 Å². The largest absolute Gasteiger partial charge is 0.497 e. The highest BCUT2D eigenvalue weighted by atomic mass is 32.1. The number of hydrogen-bond donors (Lipinski definition) is 2. The lowest BCUT2D eigenvalue weighted by molar-refractivity contribution is -0.127. The Bertz CT molecular complexity index is 1230. The summed E-state index contributed by atoms with van der Waals surface area (Å²) in [5.74, 6) is 0.364. The first-order valence-electron chi connectivity index (χ1n) is 9.98. The summed E-state index contributed by atoms with van der Waals surface area (Å²) in [4.78, 5) is 39.0. The van der Waals surface area contributed by atoms with Crippen molar-refractivity contribution in [3.05, 3.63) is 70.6 Å². The van der Waals surface area contributed by atoms with Gasteiger partial charge < -0.3 is 20.1 Å². The maximum absolute atomic E-state index is 12.7. The first kappa shape index (κ1) is 22.1. The lowest BCUT2D eigenvalue weighted by atomic mass is 10.1. The fourth-order valence-electron chi connectivity index (χ4n) is 3.26. The standard InChI is InChI=1S/C24H21N3O5S/c1-31-18-8-6-17(7-9-18)25-22(28)13-27-23(29)21(26-24(27)30)12-20-11-16(14-33-20)15-4-3-5-19(10-15)32-2/h3-12,14H,13H2,1-2H3,(H,25,28)(H,26,30)/b21-12-. The van der Waals surface area contributed by atoms with Crippen molar-refractivity contribution in [1.82, 2.24) is 10.2 Å². The van der Waals surface area contributed by atoms with Crippen molar-refractivity contribution in [2.75, 3.05) is 26.1 Å². The first-order chi connectivity index (χ1) is 16.0. The second kappa shape index (κ2) is 9.58. The summed E-state index contributed by atoms with van der Waals surface area (Å²) in [5.41, 5.74) is 2.61. The minimum absolute atomic E-state index is 0.122. The Balaban J connectivity index is 1.43. The Labute approximate surface area is 194 Å². The summed E-state index contributed by atoms with van der Waals surface area (Å²) in [6, 6.07) is 15.7. The average molecular weight is 464 g/mol. The lowest BCUT2D eigenvalue weighted by Crippen LogP contribution is -2.38. The molecule has 1 saturated heterocycles. The smallest absolute Gasteiger partial charge is 0.329 e. The number of urea groups is 1. The molecule has 2 aromatic carbocycles. The predicted octanol–water partition coefficient (Wildman–Crippen LogP) is 3.96. The van der Waals surface area contributed by atoms with Crippen LogP contribution in [0, 0.1) is 0 Å². The second-order valence-corrected chi connectivity index (χ2v) is 8.07. The molecule has 2 N–H and O–H groups in total. The van der Waals surface area contributed by atoms with Crippen molar-refractivity contribution in [3.8, 4) is 22.6 Å². The molecule has 8 nitrogen and oxygen atoms in total. The third-order valence-electron chi connectivity index (χ3n) is 4.95. The van der Waals surface area contributed by atoms with Gasteiger partial charge in [0.25, 0.3) is 5.91 Å². The van der Waals surface area contributed by atoms with Gasteiger partial charge in [-0.15, -0.1) is 11.3 Å². The minimum atomic E-state index is -0.638. The molecule has 1 aromatic heterocycles. The molecule has 9 heteroatoms. The molecule has 0 spiro atoms. The number of benzene rings is 2. The maximum atomic E-state index is 12.7. The van der Waals surface area contributed by atoms with Crippen molar-refractivity contribution in [2.45, 2.75) is 0 Å². The molecule has 33 heavy (non-hydrogen) atoms. The van der Waals surface area contributed by atoms with Gasteiger partial charge in [0.15, 0.2) is 0 Å². The molecule has 1 aliphatic rings. The van der Waals surface area contributed by atoms with Crippen molar-refractivity contribution >= 4 is 40.9 Å². The number of hydrogen-bond acceptors (Lipinski definition) is 6. The zero-order chi connectivity index (χ0) is 23.4.